The SMILES string of the molecule is Cc1cc(C2C(c3nccs3)CCN2CCN(CC2=COCO2)Cc2ccccc2)nc(-n2ccnc2)n1. The van der Waals surface area contributed by atoms with Crippen LogP contribution in [0.15, 0.2) is 78.7 Å². The summed E-state index contributed by atoms with van der Waals surface area (Å²) >= 11 is 1.73. The maximum Gasteiger partial charge on any atom is 0.235 e. The summed E-state index contributed by atoms with van der Waals surface area (Å²) in [7, 11) is 0. The van der Waals surface area contributed by atoms with Crippen LogP contribution in [0.4, 0.5) is 0 Å². The van der Waals surface area contributed by atoms with Crippen LogP contribution in [0.25, 0.3) is 5.95 Å². The average molecular weight is 530 g/mol. The molecule has 9 nitrogen and oxygen atoms in total. The van der Waals surface area contributed by atoms with Crippen molar-refractivity contribution in [2.75, 3.05) is 33.0 Å². The van der Waals surface area contributed by atoms with Gasteiger partial charge in [0.1, 0.15) is 18.3 Å². The molecule has 0 saturated carbocycles. The van der Waals surface area contributed by atoms with Crippen LogP contribution in [0.1, 0.15) is 40.3 Å². The molecule has 0 amide bonds. The fraction of sp³-hybridized carbons (Fsp3) is 0.357. The van der Waals surface area contributed by atoms with E-state index < -0.39 is 0 Å². The lowest BCUT2D eigenvalue weighted by atomic mass is 9.97. The molecule has 2 unspecified atom stereocenters. The number of aromatic nitrogens is 5. The maximum absolute atomic E-state index is 5.66. The van der Waals surface area contributed by atoms with E-state index in [1.807, 2.05) is 23.9 Å². The summed E-state index contributed by atoms with van der Waals surface area (Å²) in [5, 5.41) is 3.23. The summed E-state index contributed by atoms with van der Waals surface area (Å²) in [5.74, 6) is 1.81. The van der Waals surface area contributed by atoms with E-state index in [1.54, 1.807) is 30.1 Å². The van der Waals surface area contributed by atoms with Crippen LogP contribution >= 0.6 is 11.3 Å². The van der Waals surface area contributed by atoms with Gasteiger partial charge in [-0.25, -0.2) is 19.9 Å². The molecule has 196 valence electrons. The molecule has 0 bridgehead atoms. The van der Waals surface area contributed by atoms with Crippen molar-refractivity contribution in [2.24, 2.45) is 0 Å². The second-order valence-corrected chi connectivity index (χ2v) is 10.6. The predicted octanol–water partition coefficient (Wildman–Crippen LogP) is 4.31. The first-order chi connectivity index (χ1) is 18.7. The van der Waals surface area contributed by atoms with Crippen LogP contribution < -0.4 is 0 Å². The number of rotatable bonds is 10. The summed E-state index contributed by atoms with van der Waals surface area (Å²) in [4.78, 5) is 23.6. The summed E-state index contributed by atoms with van der Waals surface area (Å²) in [5.41, 5.74) is 3.25. The number of nitrogens with zero attached hydrogens (tertiary/aromatic N) is 7. The Morgan fingerprint density at radius 1 is 1.13 bits per heavy atom. The third kappa shape index (κ3) is 5.62. The fourth-order valence-electron chi connectivity index (χ4n) is 5.30. The third-order valence-electron chi connectivity index (χ3n) is 7.03. The second kappa shape index (κ2) is 11.4. The lowest BCUT2D eigenvalue weighted by Crippen LogP contribution is -2.36. The third-order valence-corrected chi connectivity index (χ3v) is 7.94. The van der Waals surface area contributed by atoms with Crippen molar-refractivity contribution >= 4 is 11.3 Å². The van der Waals surface area contributed by atoms with Gasteiger partial charge in [-0.15, -0.1) is 11.3 Å². The highest BCUT2D eigenvalue weighted by molar-refractivity contribution is 7.09. The van der Waals surface area contributed by atoms with Gasteiger partial charge in [0.2, 0.25) is 12.7 Å². The van der Waals surface area contributed by atoms with Crippen LogP contribution in [0.3, 0.4) is 0 Å². The van der Waals surface area contributed by atoms with Crippen molar-refractivity contribution in [2.45, 2.75) is 31.8 Å². The van der Waals surface area contributed by atoms with Gasteiger partial charge in [0.15, 0.2) is 0 Å². The molecule has 1 saturated heterocycles. The molecule has 38 heavy (non-hydrogen) atoms. The maximum atomic E-state index is 5.66. The minimum Gasteiger partial charge on any atom is -0.462 e. The van der Waals surface area contributed by atoms with Gasteiger partial charge in [-0.2, -0.15) is 0 Å². The highest BCUT2D eigenvalue weighted by Crippen LogP contribution is 2.43. The molecule has 1 aromatic carbocycles. The first-order valence-electron chi connectivity index (χ1n) is 12.9. The van der Waals surface area contributed by atoms with E-state index in [2.05, 4.69) is 61.5 Å². The first kappa shape index (κ1) is 24.7. The zero-order valence-corrected chi connectivity index (χ0v) is 22.2. The van der Waals surface area contributed by atoms with Crippen molar-refractivity contribution in [3.8, 4) is 5.95 Å². The molecule has 5 heterocycles. The predicted molar refractivity (Wildman–Crippen MR) is 145 cm³/mol. The first-order valence-corrected chi connectivity index (χ1v) is 13.8. The van der Waals surface area contributed by atoms with E-state index in [4.69, 9.17) is 19.4 Å². The minimum absolute atomic E-state index is 0.119. The Morgan fingerprint density at radius 2 is 2.05 bits per heavy atom. The van der Waals surface area contributed by atoms with Crippen molar-refractivity contribution in [1.29, 1.82) is 0 Å². The molecular formula is C28H31N7O2S. The Hall–Kier alpha value is -3.60. The fourth-order valence-corrected chi connectivity index (χ4v) is 6.10. The van der Waals surface area contributed by atoms with Gasteiger partial charge in [0, 0.05) is 55.2 Å². The molecule has 0 radical (unpaired) electrons. The van der Waals surface area contributed by atoms with Gasteiger partial charge in [-0.1, -0.05) is 30.3 Å². The molecule has 0 spiro atoms. The normalized spacial score (nSPS) is 19.5. The van der Waals surface area contributed by atoms with Crippen LogP contribution in [-0.2, 0) is 16.0 Å². The standard InChI is InChI=1S/C28H31N7O2S/c1-21-15-25(32-28(31-21)35-11-8-29-19-35)26-24(27-30-9-14-38-27)7-10-34(26)13-12-33(17-23-18-36-20-37-23)16-22-5-3-2-4-6-22/h2-6,8-9,11,14-15,18-19,24,26H,7,10,12-13,16-17,20H2,1H3. The molecule has 1 fully saturated rings. The van der Waals surface area contributed by atoms with Crippen LogP contribution in [-0.4, -0.2) is 67.3 Å². The van der Waals surface area contributed by atoms with Gasteiger partial charge in [0.05, 0.1) is 23.3 Å². The highest BCUT2D eigenvalue weighted by atomic mass is 32.1. The number of hydrogen-bond donors (Lipinski definition) is 0. The number of hydrogen-bond acceptors (Lipinski definition) is 9. The molecule has 0 N–H and O–H groups in total. The average Bonchev–Trinajstić information content (AvgIpc) is 3.75. The molecule has 0 aliphatic carbocycles. The van der Waals surface area contributed by atoms with E-state index in [0.29, 0.717) is 19.3 Å². The Labute approximate surface area is 226 Å². The van der Waals surface area contributed by atoms with E-state index >= 15 is 0 Å². The minimum atomic E-state index is 0.119. The number of thiazole rings is 1. The largest absolute Gasteiger partial charge is 0.462 e. The monoisotopic (exact) mass is 529 g/mol. The van der Waals surface area contributed by atoms with Gasteiger partial charge in [0.25, 0.3) is 0 Å². The van der Waals surface area contributed by atoms with Crippen LogP contribution in [0.5, 0.6) is 0 Å². The van der Waals surface area contributed by atoms with Crippen LogP contribution in [0.2, 0.25) is 0 Å². The Kier molecular flexibility index (Phi) is 7.43. The highest BCUT2D eigenvalue weighted by Gasteiger charge is 2.39. The molecular weight excluding hydrogens is 498 g/mol. The van der Waals surface area contributed by atoms with Gasteiger partial charge in [-0.05, 0) is 31.5 Å². The Bertz CT molecular complexity index is 1350. The van der Waals surface area contributed by atoms with E-state index in [1.165, 1.54) is 10.6 Å². The van der Waals surface area contributed by atoms with Crippen molar-refractivity contribution in [1.82, 2.24) is 34.3 Å². The lowest BCUT2D eigenvalue weighted by Gasteiger charge is -2.30. The molecule has 2 aliphatic heterocycles. The number of aryl methyl sites for hydroxylation is 1. The number of ether oxygens (including phenoxy) is 2. The van der Waals surface area contributed by atoms with Crippen molar-refractivity contribution < 1.29 is 9.47 Å². The number of imidazole rings is 1. The summed E-state index contributed by atoms with van der Waals surface area (Å²) in [6, 6.07) is 12.8. The molecule has 4 aromatic rings. The van der Waals surface area contributed by atoms with E-state index in [9.17, 15) is 0 Å². The Balaban J connectivity index is 1.26. The van der Waals surface area contributed by atoms with Gasteiger partial charge >= 0.3 is 0 Å². The zero-order chi connectivity index (χ0) is 25.7. The molecule has 6 rings (SSSR count). The van der Waals surface area contributed by atoms with Crippen molar-refractivity contribution in [3.63, 3.8) is 0 Å². The summed E-state index contributed by atoms with van der Waals surface area (Å²) in [6.07, 6.45) is 10.1. The second-order valence-electron chi connectivity index (χ2n) is 9.66. The summed E-state index contributed by atoms with van der Waals surface area (Å²) in [6.45, 7) is 6.65. The molecule has 10 heteroatoms. The van der Waals surface area contributed by atoms with Crippen LogP contribution in [0, 0.1) is 6.92 Å². The Morgan fingerprint density at radius 3 is 2.82 bits per heavy atom. The number of likely N-dealkylation sites (tertiary alicyclic amines) is 1. The van der Waals surface area contributed by atoms with Crippen molar-refractivity contribution in [3.05, 3.63) is 101 Å². The van der Waals surface area contributed by atoms with E-state index in [-0.39, 0.29) is 12.0 Å². The quantitative estimate of drug-likeness (QED) is 0.301. The molecule has 2 atom stereocenters. The topological polar surface area (TPSA) is 81.4 Å². The molecule has 3 aromatic heterocycles. The van der Waals surface area contributed by atoms with Gasteiger partial charge in [-0.3, -0.25) is 14.4 Å². The van der Waals surface area contributed by atoms with Gasteiger partial charge < -0.3 is 9.47 Å². The number of benzene rings is 1. The van der Waals surface area contributed by atoms with E-state index in [0.717, 1.165) is 49.7 Å². The smallest absolute Gasteiger partial charge is 0.235 e. The summed E-state index contributed by atoms with van der Waals surface area (Å²) < 4.78 is 12.9. The lowest BCUT2D eigenvalue weighted by molar-refractivity contribution is 0.0706. The molecule has 2 aliphatic rings. The zero-order valence-electron chi connectivity index (χ0n) is 21.4.